The fourth-order valence-electron chi connectivity index (χ4n) is 2.36. The van der Waals surface area contributed by atoms with E-state index in [2.05, 4.69) is 13.4 Å². The molecule has 0 spiro atoms. The molecule has 1 aliphatic heterocycles. The third-order valence-electron chi connectivity index (χ3n) is 3.56. The van der Waals surface area contributed by atoms with Crippen LogP contribution in [0.3, 0.4) is 0 Å². The van der Waals surface area contributed by atoms with Crippen LogP contribution in [0.4, 0.5) is 0 Å². The zero-order chi connectivity index (χ0) is 22.9. The van der Waals surface area contributed by atoms with Gasteiger partial charge in [-0.25, -0.2) is 18.5 Å². The molecule has 1 unspecified atom stereocenters. The van der Waals surface area contributed by atoms with Crippen LogP contribution in [-0.4, -0.2) is 57.9 Å². The van der Waals surface area contributed by atoms with E-state index in [1.807, 2.05) is 4.98 Å². The highest BCUT2D eigenvalue weighted by molar-refractivity contribution is 7.60. The number of aliphatic hydroxyl groups excluding tert-OH is 1. The van der Waals surface area contributed by atoms with Gasteiger partial charge in [0.15, 0.2) is 0 Å². The van der Waals surface area contributed by atoms with Crippen molar-refractivity contribution in [2.24, 2.45) is 0 Å². The first kappa shape index (κ1) is 25.2. The van der Waals surface area contributed by atoms with Gasteiger partial charge in [-0.2, -0.15) is 4.31 Å². The van der Waals surface area contributed by atoms with E-state index in [4.69, 9.17) is 24.3 Å². The summed E-state index contributed by atoms with van der Waals surface area (Å²) in [5.41, 5.74) is -2.53. The van der Waals surface area contributed by atoms with E-state index in [0.717, 1.165) is 10.8 Å². The molecule has 20 heteroatoms. The van der Waals surface area contributed by atoms with Crippen molar-refractivity contribution >= 4 is 23.5 Å². The van der Waals surface area contributed by atoms with Crippen LogP contribution in [0.5, 0.6) is 0 Å². The van der Waals surface area contributed by atoms with Crippen molar-refractivity contribution in [3.8, 4) is 0 Å². The van der Waals surface area contributed by atoms with Crippen molar-refractivity contribution in [3.63, 3.8) is 0 Å². The van der Waals surface area contributed by atoms with Crippen molar-refractivity contribution < 1.29 is 61.4 Å². The number of nitrogens with one attached hydrogen (secondary N) is 1. The molecular weight excluding hydrogens is 481 g/mol. The van der Waals surface area contributed by atoms with Gasteiger partial charge in [0.25, 0.3) is 5.56 Å². The number of aliphatic hydroxyl groups is 1. The number of hydrogen-bond acceptors (Lipinski definition) is 10. The molecule has 0 amide bonds. The van der Waals surface area contributed by atoms with Crippen LogP contribution in [0, 0.1) is 0 Å². The molecule has 17 nitrogen and oxygen atoms in total. The van der Waals surface area contributed by atoms with Gasteiger partial charge in [0, 0.05) is 12.6 Å². The zero-order valence-corrected chi connectivity index (χ0v) is 17.3. The van der Waals surface area contributed by atoms with Crippen LogP contribution < -0.4 is 11.2 Å². The third kappa shape index (κ3) is 7.59. The average molecular weight is 498 g/mol. The highest BCUT2D eigenvalue weighted by Gasteiger charge is 2.37. The Bertz CT molecular complexity index is 1020. The van der Waals surface area contributed by atoms with Crippen LogP contribution in [0.2, 0.25) is 0 Å². The number of H-pyrrole nitrogens is 1. The van der Waals surface area contributed by atoms with Gasteiger partial charge in [-0.15, -0.1) is 0 Å². The maximum absolute atomic E-state index is 12.0. The van der Waals surface area contributed by atoms with E-state index in [-0.39, 0.29) is 6.42 Å². The standard InChI is InChI=1S/C10H17N2O15P3/c13-6-1-8(26-7(6)4-24-28(16,17)18)12-2-5(9(14)11-10(12)15)3-25-30(22,23)27-29(19,20)21/h2,6-8,13H,1,3-4H2,(H,22,23)(H,11,14,15)(H2,16,17,18)(H2,19,20,21)/t6-,7+,8+/m0/s1. The normalized spacial score (nSPS) is 24.7. The predicted octanol–water partition coefficient (Wildman–Crippen LogP) is -1.98. The summed E-state index contributed by atoms with van der Waals surface area (Å²) in [7, 11) is -15.5. The highest BCUT2D eigenvalue weighted by Crippen LogP contribution is 2.57. The van der Waals surface area contributed by atoms with E-state index in [0.29, 0.717) is 0 Å². The quantitative estimate of drug-likeness (QED) is 0.182. The molecule has 1 aromatic heterocycles. The minimum atomic E-state index is -5.38. The van der Waals surface area contributed by atoms with Crippen molar-refractivity contribution in [3.05, 3.63) is 32.6 Å². The Morgan fingerprint density at radius 3 is 2.30 bits per heavy atom. The van der Waals surface area contributed by atoms with E-state index in [9.17, 15) is 33.3 Å². The van der Waals surface area contributed by atoms with Crippen LogP contribution in [-0.2, 0) is 38.4 Å². The van der Waals surface area contributed by atoms with Gasteiger partial charge >= 0.3 is 29.2 Å². The summed E-state index contributed by atoms with van der Waals surface area (Å²) in [6.07, 6.45) is -3.16. The second kappa shape index (κ2) is 9.22. The van der Waals surface area contributed by atoms with Gasteiger partial charge in [0.1, 0.15) is 12.3 Å². The Morgan fingerprint density at radius 2 is 1.73 bits per heavy atom. The summed E-state index contributed by atoms with van der Waals surface area (Å²) in [6, 6.07) is 0. The Balaban J connectivity index is 2.16. The number of aromatic amines is 1. The summed E-state index contributed by atoms with van der Waals surface area (Å²) in [6.45, 7) is -1.72. The van der Waals surface area contributed by atoms with Crippen LogP contribution in [0.25, 0.3) is 0 Å². The number of phosphoric ester groups is 2. The summed E-state index contributed by atoms with van der Waals surface area (Å²) in [4.78, 5) is 69.4. The van der Waals surface area contributed by atoms with Gasteiger partial charge in [-0.1, -0.05) is 0 Å². The Hall–Kier alpha value is -1.03. The van der Waals surface area contributed by atoms with Crippen molar-refractivity contribution in [2.45, 2.75) is 31.5 Å². The number of phosphoric acid groups is 3. The molecule has 1 fully saturated rings. The lowest BCUT2D eigenvalue weighted by Gasteiger charge is -2.17. The predicted molar refractivity (Wildman–Crippen MR) is 91.6 cm³/mol. The Kier molecular flexibility index (Phi) is 7.76. The maximum atomic E-state index is 12.0. The third-order valence-corrected chi connectivity index (χ3v) is 6.17. The summed E-state index contributed by atoms with van der Waals surface area (Å²) >= 11 is 0. The highest BCUT2D eigenvalue weighted by atomic mass is 31.3. The molecule has 7 N–H and O–H groups in total. The lowest BCUT2D eigenvalue weighted by molar-refractivity contribution is -0.0452. The van der Waals surface area contributed by atoms with Gasteiger partial charge in [-0.05, 0) is 0 Å². The fraction of sp³-hybridized carbons (Fsp3) is 0.600. The summed E-state index contributed by atoms with van der Waals surface area (Å²) in [5.74, 6) is 0. The maximum Gasteiger partial charge on any atom is 0.481 e. The molecule has 1 aliphatic rings. The molecule has 30 heavy (non-hydrogen) atoms. The molecule has 4 atom stereocenters. The molecule has 0 aromatic carbocycles. The fourth-order valence-corrected chi connectivity index (χ4v) is 4.27. The molecule has 0 saturated carbocycles. The van der Waals surface area contributed by atoms with Crippen molar-refractivity contribution in [2.75, 3.05) is 6.61 Å². The van der Waals surface area contributed by atoms with Crippen LogP contribution in [0.15, 0.2) is 15.8 Å². The smallest absolute Gasteiger partial charge is 0.390 e. The lowest BCUT2D eigenvalue weighted by Crippen LogP contribution is -2.34. The molecule has 0 bridgehead atoms. The second-order valence-corrected chi connectivity index (χ2v) is 9.92. The van der Waals surface area contributed by atoms with Crippen LogP contribution >= 0.6 is 23.5 Å². The summed E-state index contributed by atoms with van der Waals surface area (Å²) < 4.78 is 51.0. The van der Waals surface area contributed by atoms with Gasteiger partial charge in [0.2, 0.25) is 0 Å². The monoisotopic (exact) mass is 498 g/mol. The zero-order valence-electron chi connectivity index (χ0n) is 14.6. The molecule has 0 aliphatic carbocycles. The minimum Gasteiger partial charge on any atom is -0.390 e. The molecule has 0 radical (unpaired) electrons. The van der Waals surface area contributed by atoms with E-state index >= 15 is 0 Å². The van der Waals surface area contributed by atoms with E-state index in [1.54, 1.807) is 0 Å². The molecule has 2 rings (SSSR count). The molecule has 1 saturated heterocycles. The van der Waals surface area contributed by atoms with E-state index < -0.39 is 71.9 Å². The number of ether oxygens (including phenoxy) is 1. The number of rotatable bonds is 9. The van der Waals surface area contributed by atoms with Gasteiger partial charge in [-0.3, -0.25) is 23.4 Å². The second-order valence-electron chi connectivity index (χ2n) is 5.85. The van der Waals surface area contributed by atoms with Crippen molar-refractivity contribution in [1.82, 2.24) is 9.55 Å². The van der Waals surface area contributed by atoms with E-state index in [1.165, 1.54) is 0 Å². The molecule has 172 valence electrons. The van der Waals surface area contributed by atoms with Gasteiger partial charge in [0.05, 0.1) is 24.9 Å². The van der Waals surface area contributed by atoms with Crippen molar-refractivity contribution in [1.29, 1.82) is 0 Å². The average Bonchev–Trinajstić information content (AvgIpc) is 2.90. The molecule has 2 heterocycles. The first-order chi connectivity index (χ1) is 13.6. The molecular formula is C10H17N2O15P3. The topological polar surface area (TPSA) is 264 Å². The number of hydrogen-bond donors (Lipinski definition) is 7. The first-order valence-electron chi connectivity index (χ1n) is 7.68. The Labute approximate surface area is 165 Å². The SMILES string of the molecule is O=c1[nH]c(=O)n([C@H]2C[C@H](O)[C@@H](COP(=O)(O)O)O2)cc1COP(=O)(O)OP(=O)(O)O. The summed E-state index contributed by atoms with van der Waals surface area (Å²) in [5, 5.41) is 9.92. The Morgan fingerprint density at radius 1 is 1.10 bits per heavy atom. The largest absolute Gasteiger partial charge is 0.481 e. The first-order valence-corrected chi connectivity index (χ1v) is 12.2. The number of aromatic nitrogens is 2. The lowest BCUT2D eigenvalue weighted by atomic mass is 10.2. The minimum absolute atomic E-state index is 0.249. The van der Waals surface area contributed by atoms with Crippen LogP contribution in [0.1, 0.15) is 18.2 Å². The number of nitrogens with zero attached hydrogens (tertiary/aromatic N) is 1. The molecule has 1 aromatic rings. The van der Waals surface area contributed by atoms with Gasteiger partial charge < -0.3 is 34.3 Å².